The third-order valence-corrected chi connectivity index (χ3v) is 2.81. The molecule has 0 spiro atoms. The fourth-order valence-corrected chi connectivity index (χ4v) is 1.76. The molecular formula is C10H12OS2. The summed E-state index contributed by atoms with van der Waals surface area (Å²) in [5, 5.41) is 5.12. The monoisotopic (exact) mass is 212 g/mol. The molecule has 0 bridgehead atoms. The number of aldehydes is 1. The number of thiophene rings is 1. The van der Waals surface area contributed by atoms with Crippen molar-refractivity contribution in [3.8, 4) is 11.2 Å². The molecule has 3 heteroatoms. The van der Waals surface area contributed by atoms with E-state index >= 15 is 0 Å². The average molecular weight is 212 g/mol. The Hall–Kier alpha value is -0.720. The van der Waals surface area contributed by atoms with Crippen LogP contribution < -0.4 is 0 Å². The van der Waals surface area contributed by atoms with E-state index in [0.717, 1.165) is 16.7 Å². The molecule has 1 aromatic rings. The smallest absolute Gasteiger partial charge is 0.160 e. The van der Waals surface area contributed by atoms with Gasteiger partial charge in [-0.25, -0.2) is 0 Å². The van der Waals surface area contributed by atoms with Crippen molar-refractivity contribution in [3.05, 3.63) is 21.9 Å². The lowest BCUT2D eigenvalue weighted by Crippen LogP contribution is -1.84. The second kappa shape index (κ2) is 3.99. The Morgan fingerprint density at radius 2 is 2.15 bits per heavy atom. The van der Waals surface area contributed by atoms with Crippen LogP contribution in [0.15, 0.2) is 11.4 Å². The molecular weight excluding hydrogens is 200 g/mol. The summed E-state index contributed by atoms with van der Waals surface area (Å²) < 4.78 is 0. The van der Waals surface area contributed by atoms with Gasteiger partial charge in [-0.05, 0) is 30.1 Å². The summed E-state index contributed by atoms with van der Waals surface area (Å²) >= 11 is 1.44. The highest BCUT2D eigenvalue weighted by Gasteiger charge is 1.98. The van der Waals surface area contributed by atoms with E-state index < -0.39 is 10.0 Å². The zero-order valence-electron chi connectivity index (χ0n) is 7.96. The highest BCUT2D eigenvalue weighted by Crippen LogP contribution is 2.32. The van der Waals surface area contributed by atoms with Gasteiger partial charge in [0.1, 0.15) is 0 Å². The lowest BCUT2D eigenvalue weighted by atomic mass is 10.3. The molecule has 0 aliphatic carbocycles. The Labute approximate surface area is 84.5 Å². The number of carbonyl (C=O) groups is 1. The molecule has 0 fully saturated rings. The highest BCUT2D eigenvalue weighted by molar-refractivity contribution is 8.35. The molecule has 13 heavy (non-hydrogen) atoms. The number of hydrogen-bond acceptors (Lipinski definition) is 2. The fraction of sp³-hybridized carbons (Fsp3) is 0.300. The molecule has 0 radical (unpaired) electrons. The second-order valence-corrected chi connectivity index (χ2v) is 8.24. The first-order valence-electron chi connectivity index (χ1n) is 3.76. The number of carbonyl (C=O) groups excluding carboxylic acids is 1. The van der Waals surface area contributed by atoms with Crippen LogP contribution in [-0.4, -0.2) is 25.1 Å². The van der Waals surface area contributed by atoms with Gasteiger partial charge in [-0.1, -0.05) is 5.92 Å². The minimum atomic E-state index is -0.765. The van der Waals surface area contributed by atoms with Crippen molar-refractivity contribution < 1.29 is 4.79 Å². The molecule has 0 aromatic carbocycles. The van der Waals surface area contributed by atoms with Crippen molar-refractivity contribution in [2.24, 2.45) is 0 Å². The first-order valence-corrected chi connectivity index (χ1v) is 7.50. The van der Waals surface area contributed by atoms with Crippen molar-refractivity contribution in [1.82, 2.24) is 0 Å². The first kappa shape index (κ1) is 10.4. The van der Waals surface area contributed by atoms with E-state index in [1.165, 1.54) is 11.3 Å². The van der Waals surface area contributed by atoms with E-state index in [0.29, 0.717) is 0 Å². The largest absolute Gasteiger partial charge is 0.297 e. The Morgan fingerprint density at radius 1 is 1.46 bits per heavy atom. The van der Waals surface area contributed by atoms with Gasteiger partial charge in [0.05, 0.1) is 4.88 Å². The van der Waals surface area contributed by atoms with E-state index in [4.69, 9.17) is 0 Å². The van der Waals surface area contributed by atoms with Gasteiger partial charge in [0.15, 0.2) is 6.29 Å². The maximum atomic E-state index is 10.4. The molecule has 0 aliphatic rings. The van der Waals surface area contributed by atoms with Gasteiger partial charge >= 0.3 is 0 Å². The van der Waals surface area contributed by atoms with Gasteiger partial charge in [-0.2, -0.15) is 10.0 Å². The summed E-state index contributed by atoms with van der Waals surface area (Å²) in [5.41, 5.74) is 0.953. The molecule has 0 atom stereocenters. The van der Waals surface area contributed by atoms with Crippen molar-refractivity contribution in [2.75, 3.05) is 18.8 Å². The maximum absolute atomic E-state index is 10.4. The highest BCUT2D eigenvalue weighted by atomic mass is 32.3. The van der Waals surface area contributed by atoms with Crippen LogP contribution in [0, 0.1) is 11.2 Å². The fourth-order valence-electron chi connectivity index (χ4n) is 0.692. The van der Waals surface area contributed by atoms with Crippen LogP contribution in [0.3, 0.4) is 0 Å². The molecule has 1 aromatic heterocycles. The van der Waals surface area contributed by atoms with E-state index in [1.807, 2.05) is 11.4 Å². The van der Waals surface area contributed by atoms with Crippen molar-refractivity contribution in [1.29, 1.82) is 0 Å². The molecule has 0 saturated carbocycles. The van der Waals surface area contributed by atoms with E-state index in [9.17, 15) is 4.79 Å². The summed E-state index contributed by atoms with van der Waals surface area (Å²) in [4.78, 5) is 11.1. The summed E-state index contributed by atoms with van der Waals surface area (Å²) in [6, 6.07) is 1.83. The SMILES string of the molecule is CS(C)(C)C#Cc1csc(C=O)c1. The van der Waals surface area contributed by atoms with E-state index in [1.54, 1.807) is 0 Å². The van der Waals surface area contributed by atoms with Gasteiger partial charge in [0.25, 0.3) is 0 Å². The number of rotatable bonds is 1. The minimum Gasteiger partial charge on any atom is -0.297 e. The van der Waals surface area contributed by atoms with Gasteiger partial charge < -0.3 is 0 Å². The quantitative estimate of drug-likeness (QED) is 0.516. The summed E-state index contributed by atoms with van der Waals surface area (Å²) in [5.74, 6) is 3.08. The van der Waals surface area contributed by atoms with Crippen LogP contribution in [-0.2, 0) is 0 Å². The molecule has 0 unspecified atom stereocenters. The topological polar surface area (TPSA) is 17.1 Å². The molecule has 70 valence electrons. The zero-order valence-corrected chi connectivity index (χ0v) is 9.59. The van der Waals surface area contributed by atoms with Crippen LogP contribution in [0.4, 0.5) is 0 Å². The molecule has 1 heterocycles. The Bertz CT molecular complexity index is 360. The van der Waals surface area contributed by atoms with Gasteiger partial charge in [-0.15, -0.1) is 11.3 Å². The second-order valence-electron chi connectivity index (χ2n) is 3.42. The molecule has 0 N–H and O–H groups in total. The molecule has 1 nitrogen and oxygen atoms in total. The zero-order chi connectivity index (χ0) is 9.90. The standard InChI is InChI=1S/C10H12OS2/c1-13(2,3)5-4-9-6-10(7-11)12-8-9/h6-8H,1-3H3. The molecule has 1 rings (SSSR count). The van der Waals surface area contributed by atoms with Gasteiger partial charge in [-0.3, -0.25) is 4.79 Å². The summed E-state index contributed by atoms with van der Waals surface area (Å²) in [7, 11) is -0.765. The third kappa shape index (κ3) is 3.67. The van der Waals surface area contributed by atoms with Crippen LogP contribution in [0.1, 0.15) is 15.2 Å². The summed E-state index contributed by atoms with van der Waals surface area (Å²) in [6.45, 7) is 0. The van der Waals surface area contributed by atoms with Crippen LogP contribution in [0.5, 0.6) is 0 Å². The molecule has 0 amide bonds. The maximum Gasteiger partial charge on any atom is 0.160 e. The van der Waals surface area contributed by atoms with Gasteiger partial charge in [0.2, 0.25) is 0 Å². The predicted molar refractivity (Wildman–Crippen MR) is 61.9 cm³/mol. The van der Waals surface area contributed by atoms with Gasteiger partial charge in [0, 0.05) is 10.9 Å². The number of hydrogen-bond donors (Lipinski definition) is 0. The Balaban J connectivity index is 2.84. The minimum absolute atomic E-state index is 0.744. The van der Waals surface area contributed by atoms with Crippen LogP contribution >= 0.6 is 21.4 Å². The lowest BCUT2D eigenvalue weighted by Gasteiger charge is -2.14. The van der Waals surface area contributed by atoms with E-state index in [2.05, 4.69) is 29.9 Å². The van der Waals surface area contributed by atoms with Crippen molar-refractivity contribution >= 4 is 27.7 Å². The van der Waals surface area contributed by atoms with Crippen LogP contribution in [0.2, 0.25) is 0 Å². The lowest BCUT2D eigenvalue weighted by molar-refractivity contribution is 0.112. The van der Waals surface area contributed by atoms with Crippen molar-refractivity contribution in [2.45, 2.75) is 0 Å². The van der Waals surface area contributed by atoms with Crippen LogP contribution in [0.25, 0.3) is 0 Å². The normalized spacial score (nSPS) is 11.6. The first-order chi connectivity index (χ1) is 6.01. The van der Waals surface area contributed by atoms with E-state index in [-0.39, 0.29) is 0 Å². The molecule has 0 saturated heterocycles. The predicted octanol–water partition coefficient (Wildman–Crippen LogP) is 2.56. The summed E-state index contributed by atoms with van der Waals surface area (Å²) in [6.07, 6.45) is 7.30. The average Bonchev–Trinajstić information content (AvgIpc) is 2.47. The molecule has 0 aliphatic heterocycles. The van der Waals surface area contributed by atoms with Crippen molar-refractivity contribution in [3.63, 3.8) is 0 Å². The third-order valence-electron chi connectivity index (χ3n) is 1.24. The Morgan fingerprint density at radius 3 is 2.62 bits per heavy atom. The Kier molecular flexibility index (Phi) is 3.18.